The number of aromatic nitrogens is 2. The lowest BCUT2D eigenvalue weighted by atomic mass is 9.96. The summed E-state index contributed by atoms with van der Waals surface area (Å²) in [5.41, 5.74) is 7.87. The molecule has 0 fully saturated rings. The zero-order chi connectivity index (χ0) is 10.1. The number of imidazole rings is 1. The van der Waals surface area contributed by atoms with Crippen LogP contribution in [0.4, 0.5) is 0 Å². The molecule has 3 N–H and O–H groups in total. The number of nitrogens with zero attached hydrogens (tertiary/aromatic N) is 2. The normalized spacial score (nSPS) is 23.2. The fraction of sp³-hybridized carbons (Fsp3) is 0.700. The third kappa shape index (κ3) is 1.55. The van der Waals surface area contributed by atoms with Crippen LogP contribution in [0, 0.1) is 5.92 Å². The van der Waals surface area contributed by atoms with Crippen molar-refractivity contribution in [3.63, 3.8) is 0 Å². The van der Waals surface area contributed by atoms with E-state index in [0.29, 0.717) is 5.92 Å². The van der Waals surface area contributed by atoms with Gasteiger partial charge in [-0.25, -0.2) is 4.98 Å². The summed E-state index contributed by atoms with van der Waals surface area (Å²) in [6.07, 6.45) is 4.08. The van der Waals surface area contributed by atoms with Crippen LogP contribution in [0.2, 0.25) is 0 Å². The Morgan fingerprint density at radius 3 is 3.29 bits per heavy atom. The van der Waals surface area contributed by atoms with Gasteiger partial charge in [-0.2, -0.15) is 0 Å². The molecule has 2 unspecified atom stereocenters. The predicted molar refractivity (Wildman–Crippen MR) is 53.7 cm³/mol. The first kappa shape index (κ1) is 9.68. The van der Waals surface area contributed by atoms with E-state index in [1.807, 2.05) is 6.33 Å². The van der Waals surface area contributed by atoms with Crippen LogP contribution in [0.3, 0.4) is 0 Å². The van der Waals surface area contributed by atoms with Crippen LogP contribution in [0.25, 0.3) is 0 Å². The summed E-state index contributed by atoms with van der Waals surface area (Å²) in [5.74, 6) is 0.698. The van der Waals surface area contributed by atoms with Crippen molar-refractivity contribution < 1.29 is 5.11 Å². The number of hydrogen-bond donors (Lipinski definition) is 2. The Bertz CT molecular complexity index is 321. The van der Waals surface area contributed by atoms with Crippen molar-refractivity contribution in [3.8, 4) is 0 Å². The van der Waals surface area contributed by atoms with Gasteiger partial charge in [-0.05, 0) is 18.8 Å². The van der Waals surface area contributed by atoms with Crippen LogP contribution in [-0.2, 0) is 13.0 Å². The fourth-order valence-corrected chi connectivity index (χ4v) is 2.03. The fourth-order valence-electron chi connectivity index (χ4n) is 2.03. The van der Waals surface area contributed by atoms with Gasteiger partial charge in [0.1, 0.15) is 0 Å². The van der Waals surface area contributed by atoms with Gasteiger partial charge >= 0.3 is 0 Å². The summed E-state index contributed by atoms with van der Waals surface area (Å²) in [7, 11) is 0. The van der Waals surface area contributed by atoms with Gasteiger partial charge in [0.15, 0.2) is 0 Å². The van der Waals surface area contributed by atoms with E-state index in [1.165, 1.54) is 12.1 Å². The van der Waals surface area contributed by atoms with Gasteiger partial charge in [0.25, 0.3) is 0 Å². The Morgan fingerprint density at radius 1 is 1.79 bits per heavy atom. The molecule has 1 aromatic rings. The molecule has 1 aliphatic heterocycles. The van der Waals surface area contributed by atoms with E-state index in [4.69, 9.17) is 10.8 Å². The molecule has 78 valence electrons. The smallest absolute Gasteiger partial charge is 0.0952 e. The highest BCUT2D eigenvalue weighted by molar-refractivity contribution is 5.19. The van der Waals surface area contributed by atoms with Crippen molar-refractivity contribution in [1.29, 1.82) is 0 Å². The lowest BCUT2D eigenvalue weighted by Crippen LogP contribution is -2.22. The third-order valence-electron chi connectivity index (χ3n) is 2.93. The minimum atomic E-state index is -0.323. The largest absolute Gasteiger partial charge is 0.394 e. The van der Waals surface area contributed by atoms with Gasteiger partial charge in [0.05, 0.1) is 24.7 Å². The summed E-state index contributed by atoms with van der Waals surface area (Å²) in [6.45, 7) is 3.24. The first-order valence-electron chi connectivity index (χ1n) is 5.12. The molecule has 2 rings (SSSR count). The number of rotatable bonds is 2. The van der Waals surface area contributed by atoms with Gasteiger partial charge in [-0.3, -0.25) is 0 Å². The van der Waals surface area contributed by atoms with Crippen LogP contribution in [0.15, 0.2) is 6.33 Å². The maximum atomic E-state index is 9.00. The summed E-state index contributed by atoms with van der Waals surface area (Å²) in [5, 5.41) is 9.00. The first-order chi connectivity index (χ1) is 6.72. The minimum absolute atomic E-state index is 0.0294. The average molecular weight is 195 g/mol. The maximum Gasteiger partial charge on any atom is 0.0952 e. The van der Waals surface area contributed by atoms with Gasteiger partial charge in [-0.1, -0.05) is 6.92 Å². The van der Waals surface area contributed by atoms with Crippen LogP contribution >= 0.6 is 0 Å². The second kappa shape index (κ2) is 3.71. The summed E-state index contributed by atoms with van der Waals surface area (Å²) < 4.78 is 2.16. The summed E-state index contributed by atoms with van der Waals surface area (Å²) in [6, 6.07) is -0.323. The molecule has 0 aromatic carbocycles. The summed E-state index contributed by atoms with van der Waals surface area (Å²) >= 11 is 0. The Labute approximate surface area is 83.8 Å². The van der Waals surface area contributed by atoms with Crippen LogP contribution in [-0.4, -0.2) is 21.3 Å². The molecule has 0 aliphatic carbocycles. The molecular weight excluding hydrogens is 178 g/mol. The minimum Gasteiger partial charge on any atom is -0.394 e. The lowest BCUT2D eigenvalue weighted by Gasteiger charge is -2.22. The number of aliphatic hydroxyl groups excluding tert-OH is 1. The number of fused-ring (bicyclic) bond motifs is 1. The number of aliphatic hydroxyl groups is 1. The van der Waals surface area contributed by atoms with Gasteiger partial charge in [0, 0.05) is 12.2 Å². The second-order valence-corrected chi connectivity index (χ2v) is 4.16. The first-order valence-corrected chi connectivity index (χ1v) is 5.12. The molecular formula is C10H17N3O. The molecule has 2 atom stereocenters. The summed E-state index contributed by atoms with van der Waals surface area (Å²) in [4.78, 5) is 4.28. The third-order valence-corrected chi connectivity index (χ3v) is 2.93. The standard InChI is InChI=1S/C10H17N3O/c1-7-2-3-13-6-12-10(8(11)5-14)9(13)4-7/h6-8,14H,2-5,11H2,1H3. The Morgan fingerprint density at radius 2 is 2.57 bits per heavy atom. The quantitative estimate of drug-likeness (QED) is 0.720. The molecule has 0 amide bonds. The molecule has 14 heavy (non-hydrogen) atoms. The lowest BCUT2D eigenvalue weighted by molar-refractivity contribution is 0.264. The van der Waals surface area contributed by atoms with E-state index in [-0.39, 0.29) is 12.6 Å². The monoisotopic (exact) mass is 195 g/mol. The van der Waals surface area contributed by atoms with Crippen LogP contribution in [0.1, 0.15) is 30.8 Å². The second-order valence-electron chi connectivity index (χ2n) is 4.16. The molecule has 2 heterocycles. The van der Waals surface area contributed by atoms with Crippen molar-refractivity contribution in [2.24, 2.45) is 11.7 Å². The van der Waals surface area contributed by atoms with E-state index in [9.17, 15) is 0 Å². The van der Waals surface area contributed by atoms with Crippen molar-refractivity contribution in [1.82, 2.24) is 9.55 Å². The Kier molecular flexibility index (Phi) is 2.56. The SMILES string of the molecule is CC1CCn2cnc(C(N)CO)c2C1. The average Bonchev–Trinajstić information content (AvgIpc) is 2.59. The highest BCUT2D eigenvalue weighted by atomic mass is 16.3. The van der Waals surface area contributed by atoms with E-state index < -0.39 is 0 Å². The van der Waals surface area contributed by atoms with Crippen molar-refractivity contribution in [2.45, 2.75) is 32.4 Å². The molecule has 0 radical (unpaired) electrons. The highest BCUT2D eigenvalue weighted by Crippen LogP contribution is 2.24. The van der Waals surface area contributed by atoms with Gasteiger partial charge < -0.3 is 15.4 Å². The zero-order valence-electron chi connectivity index (χ0n) is 8.48. The van der Waals surface area contributed by atoms with Crippen LogP contribution < -0.4 is 5.73 Å². The van der Waals surface area contributed by atoms with Gasteiger partial charge in [0.2, 0.25) is 0 Å². The molecule has 1 aliphatic rings. The molecule has 0 bridgehead atoms. The van der Waals surface area contributed by atoms with Crippen molar-refractivity contribution >= 4 is 0 Å². The highest BCUT2D eigenvalue weighted by Gasteiger charge is 2.22. The van der Waals surface area contributed by atoms with E-state index >= 15 is 0 Å². The molecule has 1 aromatic heterocycles. The Balaban J connectivity index is 2.30. The molecule has 0 spiro atoms. The zero-order valence-corrected chi connectivity index (χ0v) is 8.48. The van der Waals surface area contributed by atoms with Crippen molar-refractivity contribution in [2.75, 3.05) is 6.61 Å². The Hall–Kier alpha value is -0.870. The molecule has 4 nitrogen and oxygen atoms in total. The van der Waals surface area contributed by atoms with Crippen LogP contribution in [0.5, 0.6) is 0 Å². The van der Waals surface area contributed by atoms with E-state index in [1.54, 1.807) is 0 Å². The number of hydrogen-bond acceptors (Lipinski definition) is 3. The molecule has 0 saturated carbocycles. The van der Waals surface area contributed by atoms with E-state index in [0.717, 1.165) is 18.7 Å². The number of nitrogens with two attached hydrogens (primary N) is 1. The topological polar surface area (TPSA) is 64.1 Å². The number of aryl methyl sites for hydroxylation is 1. The van der Waals surface area contributed by atoms with Gasteiger partial charge in [-0.15, -0.1) is 0 Å². The molecule has 4 heteroatoms. The van der Waals surface area contributed by atoms with E-state index in [2.05, 4.69) is 16.5 Å². The van der Waals surface area contributed by atoms with Crippen molar-refractivity contribution in [3.05, 3.63) is 17.7 Å². The molecule has 0 saturated heterocycles. The predicted octanol–water partition coefficient (Wildman–Crippen LogP) is 0.458. The maximum absolute atomic E-state index is 9.00.